The average Bonchev–Trinajstić information content (AvgIpc) is 2.30. The van der Waals surface area contributed by atoms with Gasteiger partial charge < -0.3 is 10.8 Å². The zero-order chi connectivity index (χ0) is 11.6. The van der Waals surface area contributed by atoms with Gasteiger partial charge in [0.2, 0.25) is 0 Å². The summed E-state index contributed by atoms with van der Waals surface area (Å²) in [5, 5.41) is 10.5. The van der Waals surface area contributed by atoms with Crippen LogP contribution in [0.1, 0.15) is 11.1 Å². The summed E-state index contributed by atoms with van der Waals surface area (Å²) in [5.41, 5.74) is 7.83. The van der Waals surface area contributed by atoms with Gasteiger partial charge in [0.1, 0.15) is 0 Å². The van der Waals surface area contributed by atoms with Gasteiger partial charge in [0.15, 0.2) is 4.51 Å². The molecule has 0 aliphatic rings. The zero-order valence-corrected chi connectivity index (χ0v) is 10.2. The van der Waals surface area contributed by atoms with Crippen LogP contribution in [0.25, 0.3) is 0 Å². The first-order chi connectivity index (χ1) is 7.62. The summed E-state index contributed by atoms with van der Waals surface area (Å²) < 4.78 is -1.24. The summed E-state index contributed by atoms with van der Waals surface area (Å²) in [6.07, 6.45) is 0. The van der Waals surface area contributed by atoms with Gasteiger partial charge in [0.05, 0.1) is 0 Å². The number of para-hydroxylation sites is 1. The fraction of sp³-hybridized carbons (Fsp3) is 0.0769. The van der Waals surface area contributed by atoms with Crippen LogP contribution in [0.3, 0.4) is 0 Å². The Morgan fingerprint density at radius 3 is 2.12 bits per heavy atom. The molecule has 0 aliphatic heterocycles. The Hall–Kier alpha value is -1.32. The van der Waals surface area contributed by atoms with Crippen molar-refractivity contribution in [3.05, 3.63) is 65.7 Å². The lowest BCUT2D eigenvalue weighted by Gasteiger charge is -2.23. The average molecular weight is 278 g/mol. The molecule has 16 heavy (non-hydrogen) atoms. The van der Waals surface area contributed by atoms with Crippen molar-refractivity contribution in [3.63, 3.8) is 0 Å². The zero-order valence-electron chi connectivity index (χ0n) is 8.60. The van der Waals surface area contributed by atoms with E-state index in [1.165, 1.54) is 0 Å². The number of aliphatic hydroxyl groups is 1. The minimum absolute atomic E-state index is 0.561. The van der Waals surface area contributed by atoms with Crippen molar-refractivity contribution in [2.45, 2.75) is 4.51 Å². The Labute approximate surface area is 103 Å². The first kappa shape index (κ1) is 11.2. The Kier molecular flexibility index (Phi) is 2.99. The van der Waals surface area contributed by atoms with Gasteiger partial charge in [-0.3, -0.25) is 0 Å². The molecule has 0 aliphatic carbocycles. The van der Waals surface area contributed by atoms with E-state index < -0.39 is 4.51 Å². The van der Waals surface area contributed by atoms with Crippen LogP contribution in [0.2, 0.25) is 0 Å². The molecule has 2 nitrogen and oxygen atoms in total. The van der Waals surface area contributed by atoms with E-state index in [4.69, 9.17) is 5.73 Å². The summed E-state index contributed by atoms with van der Waals surface area (Å²) >= 11 is 3.32. The second-order valence-corrected chi connectivity index (χ2v) is 4.72. The molecule has 2 rings (SSSR count). The van der Waals surface area contributed by atoms with Gasteiger partial charge in [-0.05, 0) is 27.6 Å². The quantitative estimate of drug-likeness (QED) is 0.655. The maximum absolute atomic E-state index is 10.5. The van der Waals surface area contributed by atoms with Gasteiger partial charge in [-0.25, -0.2) is 0 Å². The van der Waals surface area contributed by atoms with Gasteiger partial charge in [-0.15, -0.1) is 0 Å². The largest absolute Gasteiger partial charge is 0.398 e. The first-order valence-corrected chi connectivity index (χ1v) is 5.73. The van der Waals surface area contributed by atoms with Gasteiger partial charge in [-0.1, -0.05) is 48.5 Å². The molecule has 82 valence electrons. The number of halogens is 1. The number of rotatable bonds is 2. The molecule has 0 amide bonds. The normalized spacial score (nSPS) is 14.4. The fourth-order valence-electron chi connectivity index (χ4n) is 1.61. The third-order valence-corrected chi connectivity index (χ3v) is 3.36. The number of benzene rings is 2. The van der Waals surface area contributed by atoms with Crippen LogP contribution in [0.4, 0.5) is 5.69 Å². The third-order valence-electron chi connectivity index (χ3n) is 2.47. The SMILES string of the molecule is Nc1ccccc1C(O)(Br)c1ccccc1. The van der Waals surface area contributed by atoms with Crippen molar-refractivity contribution in [1.82, 2.24) is 0 Å². The lowest BCUT2D eigenvalue weighted by molar-refractivity contribution is 0.190. The topological polar surface area (TPSA) is 46.2 Å². The van der Waals surface area contributed by atoms with Crippen LogP contribution in [-0.2, 0) is 4.51 Å². The minimum Gasteiger partial charge on any atom is -0.398 e. The van der Waals surface area contributed by atoms with E-state index >= 15 is 0 Å². The monoisotopic (exact) mass is 277 g/mol. The second kappa shape index (κ2) is 4.28. The molecule has 2 aromatic carbocycles. The van der Waals surface area contributed by atoms with E-state index in [1.807, 2.05) is 42.5 Å². The molecule has 2 aromatic rings. The van der Waals surface area contributed by atoms with Crippen molar-refractivity contribution >= 4 is 21.6 Å². The smallest absolute Gasteiger partial charge is 0.172 e. The molecule has 1 unspecified atom stereocenters. The highest BCUT2D eigenvalue weighted by atomic mass is 79.9. The number of nitrogen functional groups attached to an aromatic ring is 1. The second-order valence-electron chi connectivity index (χ2n) is 3.58. The van der Waals surface area contributed by atoms with Crippen molar-refractivity contribution in [2.75, 3.05) is 5.73 Å². The van der Waals surface area contributed by atoms with E-state index in [9.17, 15) is 5.11 Å². The molecule has 3 N–H and O–H groups in total. The van der Waals surface area contributed by atoms with E-state index in [0.717, 1.165) is 5.56 Å². The third kappa shape index (κ3) is 1.96. The van der Waals surface area contributed by atoms with Crippen molar-refractivity contribution in [2.24, 2.45) is 0 Å². The highest BCUT2D eigenvalue weighted by Crippen LogP contribution is 2.38. The van der Waals surface area contributed by atoms with Crippen molar-refractivity contribution < 1.29 is 5.11 Å². The van der Waals surface area contributed by atoms with Crippen LogP contribution < -0.4 is 5.73 Å². The molecule has 0 saturated carbocycles. The molecule has 0 heterocycles. The van der Waals surface area contributed by atoms with Gasteiger partial charge in [0.25, 0.3) is 0 Å². The lowest BCUT2D eigenvalue weighted by atomic mass is 10.00. The molecule has 3 heteroatoms. The highest BCUT2D eigenvalue weighted by Gasteiger charge is 2.29. The molecular weight excluding hydrogens is 266 g/mol. The van der Waals surface area contributed by atoms with E-state index in [-0.39, 0.29) is 0 Å². The van der Waals surface area contributed by atoms with Crippen molar-refractivity contribution in [3.8, 4) is 0 Å². The Morgan fingerprint density at radius 2 is 1.50 bits per heavy atom. The van der Waals surface area contributed by atoms with Gasteiger partial charge in [0, 0.05) is 11.3 Å². The summed E-state index contributed by atoms with van der Waals surface area (Å²) in [6.45, 7) is 0. The van der Waals surface area contributed by atoms with Crippen LogP contribution >= 0.6 is 15.9 Å². The van der Waals surface area contributed by atoms with E-state index in [1.54, 1.807) is 12.1 Å². The maximum Gasteiger partial charge on any atom is 0.172 e. The standard InChI is InChI=1S/C13H12BrNO/c14-13(16,10-6-2-1-3-7-10)11-8-4-5-9-12(11)15/h1-9,16H,15H2. The fourth-order valence-corrected chi connectivity index (χ4v) is 2.24. The number of nitrogens with two attached hydrogens (primary N) is 1. The lowest BCUT2D eigenvalue weighted by Crippen LogP contribution is -2.20. The van der Waals surface area contributed by atoms with Crippen LogP contribution in [-0.4, -0.2) is 5.11 Å². The minimum atomic E-state index is -1.24. The number of hydrogen-bond donors (Lipinski definition) is 2. The molecule has 0 aromatic heterocycles. The van der Waals surface area contributed by atoms with Crippen LogP contribution in [0, 0.1) is 0 Å². The predicted octanol–water partition coefficient (Wildman–Crippen LogP) is 2.86. The number of alkyl halides is 1. The molecule has 0 fully saturated rings. The van der Waals surface area contributed by atoms with Crippen molar-refractivity contribution in [1.29, 1.82) is 0 Å². The molecule has 0 spiro atoms. The summed E-state index contributed by atoms with van der Waals surface area (Å²) in [5.74, 6) is 0. The van der Waals surface area contributed by atoms with E-state index in [0.29, 0.717) is 11.3 Å². The molecule has 0 bridgehead atoms. The summed E-state index contributed by atoms with van der Waals surface area (Å²) in [7, 11) is 0. The summed E-state index contributed by atoms with van der Waals surface area (Å²) in [4.78, 5) is 0. The predicted molar refractivity (Wildman–Crippen MR) is 69.2 cm³/mol. The first-order valence-electron chi connectivity index (χ1n) is 4.94. The van der Waals surface area contributed by atoms with Gasteiger partial charge in [-0.2, -0.15) is 0 Å². The van der Waals surface area contributed by atoms with Gasteiger partial charge >= 0.3 is 0 Å². The van der Waals surface area contributed by atoms with Crippen LogP contribution in [0.15, 0.2) is 54.6 Å². The molecule has 0 saturated heterocycles. The Bertz CT molecular complexity index is 482. The number of anilines is 1. The van der Waals surface area contributed by atoms with Crippen LogP contribution in [0.5, 0.6) is 0 Å². The Morgan fingerprint density at radius 1 is 0.938 bits per heavy atom. The highest BCUT2D eigenvalue weighted by molar-refractivity contribution is 9.09. The Balaban J connectivity index is 2.51. The maximum atomic E-state index is 10.5. The van der Waals surface area contributed by atoms with E-state index in [2.05, 4.69) is 15.9 Å². The molecule has 1 atom stereocenters. The summed E-state index contributed by atoms with van der Waals surface area (Å²) in [6, 6.07) is 16.6. The number of hydrogen-bond acceptors (Lipinski definition) is 2. The molecular formula is C13H12BrNO. The molecule has 0 radical (unpaired) electrons.